The van der Waals surface area contributed by atoms with Crippen LogP contribution in [0.2, 0.25) is 0 Å². The summed E-state index contributed by atoms with van der Waals surface area (Å²) in [4.78, 5) is 14.6. The van der Waals surface area contributed by atoms with Crippen LogP contribution in [0.5, 0.6) is 0 Å². The molecule has 76 valence electrons. The van der Waals surface area contributed by atoms with Crippen molar-refractivity contribution in [2.45, 2.75) is 13.3 Å². The van der Waals surface area contributed by atoms with Gasteiger partial charge in [0.25, 0.3) is 0 Å². The molecule has 0 saturated carbocycles. The second-order valence-electron chi connectivity index (χ2n) is 2.56. The smallest absolute Gasteiger partial charge is 0.310 e. The van der Waals surface area contributed by atoms with Crippen LogP contribution in [0.25, 0.3) is 0 Å². The zero-order valence-electron chi connectivity index (χ0n) is 7.59. The summed E-state index contributed by atoms with van der Waals surface area (Å²) in [5.41, 5.74) is 0.608. The number of esters is 1. The molecule has 0 N–H and O–H groups in total. The number of halogens is 2. The molecule has 0 bridgehead atoms. The lowest BCUT2D eigenvalue weighted by Crippen LogP contribution is -2.09. The molecular formula is C9H9FINO2. The molecule has 0 aromatic carbocycles. The number of hydrogen-bond donors (Lipinski definition) is 0. The second kappa shape index (κ2) is 5.23. The molecular weight excluding hydrogens is 300 g/mol. The molecule has 0 saturated heterocycles. The first-order chi connectivity index (χ1) is 6.65. The van der Waals surface area contributed by atoms with E-state index in [-0.39, 0.29) is 12.4 Å². The fraction of sp³-hybridized carbons (Fsp3) is 0.333. The van der Waals surface area contributed by atoms with E-state index in [1.165, 1.54) is 6.20 Å². The van der Waals surface area contributed by atoms with Gasteiger partial charge in [-0.1, -0.05) is 0 Å². The fourth-order valence-electron chi connectivity index (χ4n) is 0.959. The summed E-state index contributed by atoms with van der Waals surface area (Å²) in [5, 5.41) is 0. The minimum absolute atomic E-state index is 0.0888. The zero-order chi connectivity index (χ0) is 10.6. The van der Waals surface area contributed by atoms with Crippen LogP contribution in [0.15, 0.2) is 12.3 Å². The molecule has 0 unspecified atom stereocenters. The number of aromatic nitrogens is 1. The van der Waals surface area contributed by atoms with Crippen LogP contribution >= 0.6 is 22.6 Å². The molecule has 5 heteroatoms. The molecule has 0 atom stereocenters. The van der Waals surface area contributed by atoms with E-state index in [2.05, 4.69) is 4.98 Å². The number of rotatable bonds is 3. The quantitative estimate of drug-likeness (QED) is 0.486. The molecule has 0 fully saturated rings. The fourth-order valence-corrected chi connectivity index (χ4v) is 1.47. The third-order valence-electron chi connectivity index (χ3n) is 1.57. The molecule has 0 aliphatic heterocycles. The topological polar surface area (TPSA) is 39.2 Å². The molecule has 1 aromatic rings. The lowest BCUT2D eigenvalue weighted by Gasteiger charge is -2.04. The summed E-state index contributed by atoms with van der Waals surface area (Å²) < 4.78 is 18.1. The van der Waals surface area contributed by atoms with Crippen molar-refractivity contribution in [3.8, 4) is 0 Å². The average molecular weight is 309 g/mol. The van der Waals surface area contributed by atoms with Crippen molar-refractivity contribution in [3.63, 3.8) is 0 Å². The van der Waals surface area contributed by atoms with E-state index in [9.17, 15) is 9.18 Å². The van der Waals surface area contributed by atoms with Crippen LogP contribution in [-0.4, -0.2) is 17.6 Å². The molecule has 1 aromatic heterocycles. The van der Waals surface area contributed by atoms with E-state index in [1.807, 2.05) is 22.6 Å². The first kappa shape index (κ1) is 11.4. The Labute approximate surface area is 94.8 Å². The van der Waals surface area contributed by atoms with Crippen molar-refractivity contribution >= 4 is 28.6 Å². The van der Waals surface area contributed by atoms with Gasteiger partial charge in [0, 0.05) is 6.20 Å². The van der Waals surface area contributed by atoms with Crippen molar-refractivity contribution in [1.29, 1.82) is 0 Å². The van der Waals surface area contributed by atoms with Crippen LogP contribution in [0.3, 0.4) is 0 Å². The summed E-state index contributed by atoms with van der Waals surface area (Å²) in [7, 11) is 0. The number of ether oxygens (including phenoxy) is 1. The highest BCUT2D eigenvalue weighted by molar-refractivity contribution is 14.1. The number of hydrogen-bond acceptors (Lipinski definition) is 3. The van der Waals surface area contributed by atoms with E-state index in [4.69, 9.17) is 4.74 Å². The Hall–Kier alpha value is -0.720. The third kappa shape index (κ3) is 2.90. The van der Waals surface area contributed by atoms with Gasteiger partial charge in [-0.05, 0) is 41.1 Å². The second-order valence-corrected chi connectivity index (χ2v) is 3.64. The lowest BCUT2D eigenvalue weighted by atomic mass is 10.2. The maximum absolute atomic E-state index is 12.9. The number of carbonyl (C=O) groups excluding carboxylic acids is 1. The van der Waals surface area contributed by atoms with Crippen molar-refractivity contribution in [2.75, 3.05) is 6.61 Å². The van der Waals surface area contributed by atoms with Gasteiger partial charge in [0.1, 0.15) is 0 Å². The van der Waals surface area contributed by atoms with Crippen LogP contribution in [0.1, 0.15) is 12.5 Å². The number of pyridine rings is 1. The maximum atomic E-state index is 12.9. The highest BCUT2D eigenvalue weighted by Crippen LogP contribution is 2.14. The Kier molecular flexibility index (Phi) is 4.24. The Morgan fingerprint density at radius 1 is 1.71 bits per heavy atom. The molecule has 0 spiro atoms. The zero-order valence-corrected chi connectivity index (χ0v) is 9.75. The number of carbonyl (C=O) groups is 1. The van der Waals surface area contributed by atoms with Crippen molar-refractivity contribution in [2.24, 2.45) is 0 Å². The predicted molar refractivity (Wildman–Crippen MR) is 57.2 cm³/mol. The van der Waals surface area contributed by atoms with E-state index < -0.39 is 5.95 Å². The Morgan fingerprint density at radius 2 is 2.43 bits per heavy atom. The monoisotopic (exact) mass is 309 g/mol. The summed E-state index contributed by atoms with van der Waals surface area (Å²) in [6.07, 6.45) is 1.43. The van der Waals surface area contributed by atoms with Crippen LogP contribution < -0.4 is 0 Å². The van der Waals surface area contributed by atoms with Gasteiger partial charge in [-0.2, -0.15) is 4.39 Å². The van der Waals surface area contributed by atoms with E-state index in [0.717, 1.165) is 0 Å². The highest BCUT2D eigenvalue weighted by atomic mass is 127. The predicted octanol–water partition coefficient (Wildman–Crippen LogP) is 1.93. The Morgan fingerprint density at radius 3 is 3.07 bits per heavy atom. The van der Waals surface area contributed by atoms with Crippen molar-refractivity contribution in [3.05, 3.63) is 27.3 Å². The summed E-state index contributed by atoms with van der Waals surface area (Å²) >= 11 is 1.82. The van der Waals surface area contributed by atoms with Gasteiger partial charge < -0.3 is 4.74 Å². The average Bonchev–Trinajstić information content (AvgIpc) is 2.13. The van der Waals surface area contributed by atoms with Crippen molar-refractivity contribution in [1.82, 2.24) is 4.98 Å². The van der Waals surface area contributed by atoms with Gasteiger partial charge in [0.05, 0.1) is 16.6 Å². The van der Waals surface area contributed by atoms with Crippen molar-refractivity contribution < 1.29 is 13.9 Å². The van der Waals surface area contributed by atoms with Crippen LogP contribution in [-0.2, 0) is 16.0 Å². The molecule has 0 radical (unpaired) electrons. The van der Waals surface area contributed by atoms with Crippen LogP contribution in [0.4, 0.5) is 4.39 Å². The van der Waals surface area contributed by atoms with Gasteiger partial charge in [-0.3, -0.25) is 4.79 Å². The first-order valence-electron chi connectivity index (χ1n) is 4.09. The summed E-state index contributed by atoms with van der Waals surface area (Å²) in [5.74, 6) is -0.900. The molecule has 0 aliphatic rings. The lowest BCUT2D eigenvalue weighted by molar-refractivity contribution is -0.142. The Balaban J connectivity index is 2.76. The molecule has 0 amide bonds. The van der Waals surface area contributed by atoms with Gasteiger partial charge >= 0.3 is 5.97 Å². The molecule has 3 nitrogen and oxygen atoms in total. The van der Waals surface area contributed by atoms with Gasteiger partial charge in [-0.25, -0.2) is 4.98 Å². The highest BCUT2D eigenvalue weighted by Gasteiger charge is 2.10. The van der Waals surface area contributed by atoms with Crippen LogP contribution in [0, 0.1) is 9.52 Å². The number of nitrogens with zero attached hydrogens (tertiary/aromatic N) is 1. The van der Waals surface area contributed by atoms with Gasteiger partial charge in [0.2, 0.25) is 5.95 Å². The van der Waals surface area contributed by atoms with Gasteiger partial charge in [-0.15, -0.1) is 0 Å². The normalized spacial score (nSPS) is 9.93. The maximum Gasteiger partial charge on any atom is 0.310 e. The molecule has 1 heterocycles. The molecule has 14 heavy (non-hydrogen) atoms. The minimum atomic E-state index is -0.549. The van der Waals surface area contributed by atoms with E-state index >= 15 is 0 Å². The largest absolute Gasteiger partial charge is 0.466 e. The van der Waals surface area contributed by atoms with E-state index in [1.54, 1.807) is 13.0 Å². The standard InChI is InChI=1S/C9H9FINO2/c1-2-14-7(13)5-6-3-4-12-9(10)8(6)11/h3-4H,2,5H2,1H3. The Bertz CT molecular complexity index is 344. The summed E-state index contributed by atoms with van der Waals surface area (Å²) in [6.45, 7) is 2.07. The van der Waals surface area contributed by atoms with E-state index in [0.29, 0.717) is 15.7 Å². The third-order valence-corrected chi connectivity index (χ3v) is 2.70. The van der Waals surface area contributed by atoms with Gasteiger partial charge in [0.15, 0.2) is 0 Å². The molecule has 1 rings (SSSR count). The summed E-state index contributed by atoms with van der Waals surface area (Å²) in [6, 6.07) is 1.61. The minimum Gasteiger partial charge on any atom is -0.466 e. The molecule has 0 aliphatic carbocycles. The SMILES string of the molecule is CCOC(=O)Cc1ccnc(F)c1I. The first-order valence-corrected chi connectivity index (χ1v) is 5.17.